The molecule has 2 heterocycles. The third-order valence-electron chi connectivity index (χ3n) is 7.42. The number of amides is 1. The maximum absolute atomic E-state index is 12.2. The molecule has 0 aliphatic heterocycles. The first-order valence-corrected chi connectivity index (χ1v) is 13.9. The van der Waals surface area contributed by atoms with Crippen LogP contribution in [0.2, 0.25) is 0 Å². The second-order valence-electron chi connectivity index (χ2n) is 10.1. The summed E-state index contributed by atoms with van der Waals surface area (Å²) in [5, 5.41) is 13.7. The average molecular weight is 545 g/mol. The number of nitrogens with two attached hydrogens (primary N) is 1. The number of primary amides is 1. The van der Waals surface area contributed by atoms with Gasteiger partial charge in [-0.2, -0.15) is 0 Å². The molecule has 1 amide bonds. The fourth-order valence-corrected chi connectivity index (χ4v) is 5.53. The number of nitrogens with one attached hydrogen (secondary N) is 1. The molecule has 0 unspecified atom stereocenters. The fraction of sp³-hybridized carbons (Fsp3) is 0.176. The number of aryl methyl sites for hydroxylation is 1. The number of aliphatic hydroxyl groups excluding tert-OH is 1. The van der Waals surface area contributed by atoms with Crippen LogP contribution in [0.1, 0.15) is 40.0 Å². The topological polar surface area (TPSA) is 102 Å². The van der Waals surface area contributed by atoms with Crippen LogP contribution in [-0.4, -0.2) is 33.7 Å². The highest BCUT2D eigenvalue weighted by molar-refractivity contribution is 6.02. The summed E-state index contributed by atoms with van der Waals surface area (Å²) >= 11 is 0. The molecule has 0 saturated heterocycles. The number of aromatic nitrogens is 2. The lowest BCUT2D eigenvalue weighted by Crippen LogP contribution is -2.16. The number of aliphatic hydroxyl groups is 1. The van der Waals surface area contributed by atoms with Crippen molar-refractivity contribution in [1.29, 1.82) is 0 Å². The lowest BCUT2D eigenvalue weighted by Gasteiger charge is -2.16. The van der Waals surface area contributed by atoms with E-state index in [2.05, 4.69) is 51.3 Å². The molecule has 0 radical (unpaired) electrons. The van der Waals surface area contributed by atoms with Crippen molar-refractivity contribution in [3.63, 3.8) is 0 Å². The summed E-state index contributed by atoms with van der Waals surface area (Å²) in [5.41, 5.74) is 14.3. The van der Waals surface area contributed by atoms with Gasteiger partial charge in [0.2, 0.25) is 0 Å². The zero-order valence-corrected chi connectivity index (χ0v) is 22.7. The molecule has 206 valence electrons. The number of carbonyl (C=O) groups is 1. The number of fused-ring (bicyclic) bond motifs is 3. The highest BCUT2D eigenvalue weighted by Gasteiger charge is 2.22. The van der Waals surface area contributed by atoms with Crippen LogP contribution in [0.4, 0.5) is 5.69 Å². The number of allylic oxidation sites excluding steroid dienone is 1. The maximum Gasteiger partial charge on any atom is 0.250 e. The third-order valence-corrected chi connectivity index (χ3v) is 7.42. The smallest absolute Gasteiger partial charge is 0.250 e. The summed E-state index contributed by atoms with van der Waals surface area (Å²) in [6, 6.07) is 24.2. The van der Waals surface area contributed by atoms with Gasteiger partial charge in [-0.25, -0.2) is 0 Å². The average Bonchev–Trinajstić information content (AvgIpc) is 3.35. The normalized spacial score (nSPS) is 12.3. The summed E-state index contributed by atoms with van der Waals surface area (Å²) in [4.78, 5) is 16.7. The summed E-state index contributed by atoms with van der Waals surface area (Å²) in [5.74, 6) is 0.226. The summed E-state index contributed by atoms with van der Waals surface area (Å²) < 4.78 is 8.34. The lowest BCUT2D eigenvalue weighted by molar-refractivity contribution is 0.100. The highest BCUT2D eigenvalue weighted by atomic mass is 16.5. The van der Waals surface area contributed by atoms with Crippen molar-refractivity contribution in [2.24, 2.45) is 5.73 Å². The summed E-state index contributed by atoms with van der Waals surface area (Å²) in [7, 11) is 0. The van der Waals surface area contributed by atoms with Crippen LogP contribution < -0.4 is 15.8 Å². The van der Waals surface area contributed by atoms with Gasteiger partial charge in [0.05, 0.1) is 17.3 Å². The van der Waals surface area contributed by atoms with E-state index in [0.717, 1.165) is 52.2 Å². The van der Waals surface area contributed by atoms with Crippen molar-refractivity contribution < 1.29 is 14.6 Å². The summed E-state index contributed by atoms with van der Waals surface area (Å²) in [6.07, 6.45) is 10.5. The van der Waals surface area contributed by atoms with E-state index in [1.807, 2.05) is 48.7 Å². The zero-order valence-electron chi connectivity index (χ0n) is 22.7. The highest BCUT2D eigenvalue weighted by Crippen LogP contribution is 2.40. The monoisotopic (exact) mass is 544 g/mol. The molecule has 0 saturated carbocycles. The number of hydrogen-bond acceptors (Lipinski definition) is 5. The van der Waals surface area contributed by atoms with E-state index in [9.17, 15) is 9.90 Å². The molecule has 2 aromatic heterocycles. The molecule has 1 aliphatic carbocycles. The van der Waals surface area contributed by atoms with E-state index in [1.165, 1.54) is 10.9 Å². The molecule has 3 aromatic carbocycles. The Kier molecular flexibility index (Phi) is 7.52. The van der Waals surface area contributed by atoms with Gasteiger partial charge in [0.1, 0.15) is 12.4 Å². The Hall–Kier alpha value is -4.88. The third kappa shape index (κ3) is 5.32. The predicted octanol–water partition coefficient (Wildman–Crippen LogP) is 6.12. The minimum Gasteiger partial charge on any atom is -0.487 e. The first kappa shape index (κ1) is 26.3. The predicted molar refractivity (Wildman–Crippen MR) is 163 cm³/mol. The minimum absolute atomic E-state index is 0.0647. The quantitative estimate of drug-likeness (QED) is 0.184. The molecule has 4 N–H and O–H groups in total. The summed E-state index contributed by atoms with van der Waals surface area (Å²) in [6.45, 7) is 1.07. The fourth-order valence-electron chi connectivity index (χ4n) is 5.53. The van der Waals surface area contributed by atoms with Gasteiger partial charge in [0, 0.05) is 47.4 Å². The first-order valence-electron chi connectivity index (χ1n) is 13.9. The van der Waals surface area contributed by atoms with Crippen LogP contribution in [0.15, 0.2) is 91.3 Å². The second-order valence-corrected chi connectivity index (χ2v) is 10.1. The van der Waals surface area contributed by atoms with Gasteiger partial charge in [-0.3, -0.25) is 9.78 Å². The van der Waals surface area contributed by atoms with E-state index >= 15 is 0 Å². The van der Waals surface area contributed by atoms with Crippen molar-refractivity contribution in [1.82, 2.24) is 9.55 Å². The Morgan fingerprint density at radius 2 is 1.93 bits per heavy atom. The van der Waals surface area contributed by atoms with Crippen LogP contribution in [0.3, 0.4) is 0 Å². The number of ether oxygens (including phenoxy) is 1. The number of benzene rings is 3. The van der Waals surface area contributed by atoms with Crippen molar-refractivity contribution in [2.75, 3.05) is 18.5 Å². The Morgan fingerprint density at radius 3 is 2.76 bits per heavy atom. The number of carbonyl (C=O) groups excluding carboxylic acids is 1. The van der Waals surface area contributed by atoms with Crippen molar-refractivity contribution in [2.45, 2.75) is 25.9 Å². The van der Waals surface area contributed by atoms with Gasteiger partial charge >= 0.3 is 0 Å². The Morgan fingerprint density at radius 1 is 1.05 bits per heavy atom. The molecular formula is C34H32N4O3. The molecule has 0 bridgehead atoms. The van der Waals surface area contributed by atoms with Gasteiger partial charge in [-0.1, -0.05) is 48.5 Å². The Bertz CT molecular complexity index is 1740. The van der Waals surface area contributed by atoms with Crippen molar-refractivity contribution in [3.05, 3.63) is 114 Å². The van der Waals surface area contributed by atoms with Crippen LogP contribution in [0.5, 0.6) is 5.75 Å². The molecule has 0 spiro atoms. The van der Waals surface area contributed by atoms with Crippen LogP contribution in [0.25, 0.3) is 33.8 Å². The molecule has 7 heteroatoms. The first-order chi connectivity index (χ1) is 20.1. The second kappa shape index (κ2) is 11.7. The van der Waals surface area contributed by atoms with E-state index < -0.39 is 5.91 Å². The number of hydrogen-bond donors (Lipinski definition) is 3. The van der Waals surface area contributed by atoms with E-state index in [1.54, 1.807) is 12.3 Å². The van der Waals surface area contributed by atoms with Gasteiger partial charge in [0.25, 0.3) is 5.91 Å². The van der Waals surface area contributed by atoms with E-state index in [-0.39, 0.29) is 6.61 Å². The molecule has 0 atom stereocenters. The largest absolute Gasteiger partial charge is 0.487 e. The molecule has 6 rings (SSSR count). The number of anilines is 1. The molecule has 1 aliphatic rings. The minimum atomic E-state index is -0.494. The zero-order chi connectivity index (χ0) is 28.2. The van der Waals surface area contributed by atoms with E-state index in [4.69, 9.17) is 10.5 Å². The number of nitrogens with zero attached hydrogens (tertiary/aromatic N) is 2. The number of rotatable bonds is 10. The maximum atomic E-state index is 12.2. The van der Waals surface area contributed by atoms with Gasteiger partial charge in [-0.15, -0.1) is 0 Å². The molecule has 7 nitrogen and oxygen atoms in total. The standard InChI is InChI=1S/C34H32N4O3/c35-34(40)28-15-14-25(19-30(28)37-16-7-17-39)38-31-12-5-4-10-29(31)33-27(11-6-13-32(33)38)24-18-26(21-36-20-24)41-22-23-8-2-1-3-9-23/h1-3,5-6,8-9,11-15,18-21,37,39H,4,7,10,16-17,22H2,(H2,35,40). The molecule has 0 fully saturated rings. The van der Waals surface area contributed by atoms with Crippen molar-refractivity contribution in [3.8, 4) is 22.6 Å². The van der Waals surface area contributed by atoms with Gasteiger partial charge < -0.3 is 25.5 Å². The van der Waals surface area contributed by atoms with Crippen LogP contribution in [0, 0.1) is 0 Å². The number of pyridine rings is 1. The lowest BCUT2D eigenvalue weighted by atomic mass is 9.95. The van der Waals surface area contributed by atoms with Crippen LogP contribution in [-0.2, 0) is 13.0 Å². The Labute approximate surface area is 238 Å². The van der Waals surface area contributed by atoms with Gasteiger partial charge in [-0.05, 0) is 72.4 Å². The SMILES string of the molecule is NC(=O)c1ccc(-n2c3c(c4c(-c5cncc(OCc6ccccc6)c5)cccc42)CCC=C3)cc1NCCCO. The van der Waals surface area contributed by atoms with Gasteiger partial charge in [0.15, 0.2) is 0 Å². The Balaban J connectivity index is 1.44. The molecule has 5 aromatic rings. The van der Waals surface area contributed by atoms with Crippen molar-refractivity contribution >= 4 is 28.6 Å². The van der Waals surface area contributed by atoms with Crippen LogP contribution >= 0.6 is 0 Å². The van der Waals surface area contributed by atoms with E-state index in [0.29, 0.717) is 30.8 Å². The molecule has 41 heavy (non-hydrogen) atoms. The molecular weight excluding hydrogens is 512 g/mol.